The number of benzene rings is 2. The highest BCUT2D eigenvalue weighted by Gasteiger charge is 2.19. The van der Waals surface area contributed by atoms with Crippen molar-refractivity contribution in [2.45, 2.75) is 20.5 Å². The number of nitro groups is 1. The number of methoxy groups -OCH3 is 1. The van der Waals surface area contributed by atoms with Gasteiger partial charge in [0, 0.05) is 5.56 Å². The highest BCUT2D eigenvalue weighted by atomic mass is 32.1. The van der Waals surface area contributed by atoms with E-state index in [4.69, 9.17) is 9.47 Å². The summed E-state index contributed by atoms with van der Waals surface area (Å²) in [5.41, 5.74) is 2.97. The molecule has 0 atom stereocenters. The number of carbonyl (C=O) groups is 1. The molecule has 0 radical (unpaired) electrons. The zero-order chi connectivity index (χ0) is 21.0. The lowest BCUT2D eigenvalue weighted by Gasteiger charge is -2.07. The molecule has 3 aromatic rings. The van der Waals surface area contributed by atoms with Crippen LogP contribution in [0.1, 0.15) is 26.4 Å². The minimum Gasteiger partial charge on any atom is -0.496 e. The van der Waals surface area contributed by atoms with Gasteiger partial charge in [0.1, 0.15) is 23.8 Å². The highest BCUT2D eigenvalue weighted by Crippen LogP contribution is 2.30. The third-order valence-electron chi connectivity index (χ3n) is 4.13. The Kier molecular flexibility index (Phi) is 6.13. The van der Waals surface area contributed by atoms with Crippen LogP contribution in [0.5, 0.6) is 11.5 Å². The van der Waals surface area contributed by atoms with Gasteiger partial charge in [0.15, 0.2) is 0 Å². The number of aryl methyl sites for hydroxylation is 2. The predicted octanol–water partition coefficient (Wildman–Crippen LogP) is 5.11. The van der Waals surface area contributed by atoms with Crippen LogP contribution in [0.25, 0.3) is 0 Å². The molecule has 0 spiro atoms. The van der Waals surface area contributed by atoms with Gasteiger partial charge in [-0.05, 0) is 60.7 Å². The van der Waals surface area contributed by atoms with Crippen LogP contribution in [-0.4, -0.2) is 17.9 Å². The van der Waals surface area contributed by atoms with Gasteiger partial charge in [-0.3, -0.25) is 14.9 Å². The summed E-state index contributed by atoms with van der Waals surface area (Å²) in [5.74, 6) is 0.700. The second-order valence-corrected chi connectivity index (χ2v) is 7.44. The minimum absolute atomic E-state index is 0.113. The van der Waals surface area contributed by atoms with E-state index in [2.05, 4.69) is 11.4 Å². The van der Waals surface area contributed by atoms with Crippen LogP contribution in [-0.2, 0) is 6.61 Å². The monoisotopic (exact) mass is 412 g/mol. The second-order valence-electron chi connectivity index (χ2n) is 6.53. The minimum atomic E-state index is -0.560. The topological polar surface area (TPSA) is 90.7 Å². The van der Waals surface area contributed by atoms with Crippen molar-refractivity contribution in [3.05, 3.63) is 79.5 Å². The first-order valence-corrected chi connectivity index (χ1v) is 9.66. The number of ether oxygens (including phenoxy) is 2. The van der Waals surface area contributed by atoms with E-state index in [1.807, 2.05) is 31.4 Å². The van der Waals surface area contributed by atoms with Crippen molar-refractivity contribution in [3.63, 3.8) is 0 Å². The quantitative estimate of drug-likeness (QED) is 0.430. The van der Waals surface area contributed by atoms with Gasteiger partial charge in [-0.2, -0.15) is 0 Å². The molecule has 0 aliphatic rings. The van der Waals surface area contributed by atoms with Crippen molar-refractivity contribution in [1.29, 1.82) is 0 Å². The first kappa shape index (κ1) is 20.3. The van der Waals surface area contributed by atoms with Crippen LogP contribution < -0.4 is 14.8 Å². The molecule has 2 aromatic carbocycles. The summed E-state index contributed by atoms with van der Waals surface area (Å²) in [4.78, 5) is 23.7. The molecule has 0 unspecified atom stereocenters. The molecule has 150 valence electrons. The van der Waals surface area contributed by atoms with Gasteiger partial charge in [-0.1, -0.05) is 6.07 Å². The molecule has 8 heteroatoms. The molecule has 0 saturated carbocycles. The third-order valence-corrected chi connectivity index (χ3v) is 5.11. The van der Waals surface area contributed by atoms with E-state index in [0.29, 0.717) is 17.2 Å². The van der Waals surface area contributed by atoms with Crippen molar-refractivity contribution < 1.29 is 19.2 Å². The fraction of sp³-hybridized carbons (Fsp3) is 0.190. The summed E-state index contributed by atoms with van der Waals surface area (Å²) in [7, 11) is 1.42. The molecule has 0 aliphatic carbocycles. The molecule has 0 aliphatic heterocycles. The standard InChI is InChI=1S/C21H20N2O5S/c1-13-6-14(2)8-17(7-13)28-11-15-9-20(29-12-15)21(24)22-18-5-4-16(27-3)10-19(18)23(25)26/h4-10,12H,11H2,1-3H3,(H,22,24). The molecular formula is C21H20N2O5S. The van der Waals surface area contributed by atoms with E-state index in [1.54, 1.807) is 12.1 Å². The zero-order valence-electron chi connectivity index (χ0n) is 16.2. The first-order valence-electron chi connectivity index (χ1n) is 8.78. The number of rotatable bonds is 7. The van der Waals surface area contributed by atoms with Crippen LogP contribution in [0.15, 0.2) is 47.8 Å². The smallest absolute Gasteiger partial charge is 0.296 e. The first-order chi connectivity index (χ1) is 13.9. The van der Waals surface area contributed by atoms with Crippen molar-refractivity contribution in [3.8, 4) is 11.5 Å². The van der Waals surface area contributed by atoms with Crippen LogP contribution in [0.2, 0.25) is 0 Å². The summed E-state index contributed by atoms with van der Waals surface area (Å²) in [5, 5.41) is 15.7. The van der Waals surface area contributed by atoms with Gasteiger partial charge in [0.2, 0.25) is 0 Å². The lowest BCUT2D eigenvalue weighted by atomic mass is 10.1. The van der Waals surface area contributed by atoms with Crippen LogP contribution >= 0.6 is 11.3 Å². The summed E-state index contributed by atoms with van der Waals surface area (Å²) in [6, 6.07) is 12.0. The number of thiophene rings is 1. The highest BCUT2D eigenvalue weighted by molar-refractivity contribution is 7.12. The molecule has 0 saturated heterocycles. The number of hydrogen-bond acceptors (Lipinski definition) is 6. The van der Waals surface area contributed by atoms with Crippen LogP contribution in [0.3, 0.4) is 0 Å². The summed E-state index contributed by atoms with van der Waals surface area (Å²) in [6.45, 7) is 4.34. The SMILES string of the molecule is COc1ccc(NC(=O)c2cc(COc3cc(C)cc(C)c3)cs2)c([N+](=O)[O-])c1. The van der Waals surface area contributed by atoms with Crippen LogP contribution in [0.4, 0.5) is 11.4 Å². The second kappa shape index (κ2) is 8.74. The Morgan fingerprint density at radius 1 is 1.10 bits per heavy atom. The molecule has 1 aromatic heterocycles. The number of nitrogens with one attached hydrogen (secondary N) is 1. The number of amides is 1. The predicted molar refractivity (Wildman–Crippen MR) is 112 cm³/mol. The molecule has 1 N–H and O–H groups in total. The molecule has 0 fully saturated rings. The molecule has 1 heterocycles. The molecule has 29 heavy (non-hydrogen) atoms. The Hall–Kier alpha value is -3.39. The zero-order valence-corrected chi connectivity index (χ0v) is 17.0. The lowest BCUT2D eigenvalue weighted by Crippen LogP contribution is -2.11. The molecule has 0 bridgehead atoms. The summed E-state index contributed by atoms with van der Waals surface area (Å²) >= 11 is 1.25. The lowest BCUT2D eigenvalue weighted by molar-refractivity contribution is -0.384. The summed E-state index contributed by atoms with van der Waals surface area (Å²) < 4.78 is 10.8. The largest absolute Gasteiger partial charge is 0.496 e. The van der Waals surface area contributed by atoms with Gasteiger partial charge in [0.25, 0.3) is 11.6 Å². The maximum absolute atomic E-state index is 12.5. The molecule has 1 amide bonds. The average molecular weight is 412 g/mol. The van der Waals surface area contributed by atoms with Gasteiger partial charge in [-0.15, -0.1) is 11.3 Å². The Balaban J connectivity index is 1.69. The number of nitro benzene ring substituents is 1. The molecular weight excluding hydrogens is 392 g/mol. The van der Waals surface area contributed by atoms with E-state index in [1.165, 1.54) is 30.6 Å². The Bertz CT molecular complexity index is 1040. The number of nitrogens with zero attached hydrogens (tertiary/aromatic N) is 1. The third kappa shape index (κ3) is 5.11. The Morgan fingerprint density at radius 2 is 1.83 bits per heavy atom. The van der Waals surface area contributed by atoms with E-state index in [9.17, 15) is 14.9 Å². The van der Waals surface area contributed by atoms with Crippen molar-refractivity contribution >= 4 is 28.6 Å². The maximum Gasteiger partial charge on any atom is 0.296 e. The Labute approximate surface area is 172 Å². The van der Waals surface area contributed by atoms with Crippen LogP contribution in [0, 0.1) is 24.0 Å². The van der Waals surface area contributed by atoms with E-state index in [0.717, 1.165) is 22.4 Å². The number of carbonyl (C=O) groups excluding carboxylic acids is 1. The maximum atomic E-state index is 12.5. The van der Waals surface area contributed by atoms with E-state index in [-0.39, 0.29) is 11.4 Å². The normalized spacial score (nSPS) is 10.4. The molecule has 3 rings (SSSR count). The Morgan fingerprint density at radius 3 is 2.48 bits per heavy atom. The van der Waals surface area contributed by atoms with E-state index >= 15 is 0 Å². The fourth-order valence-corrected chi connectivity index (χ4v) is 3.62. The average Bonchev–Trinajstić information content (AvgIpc) is 3.15. The number of anilines is 1. The van der Waals surface area contributed by atoms with Gasteiger partial charge in [0.05, 0.1) is 23.0 Å². The van der Waals surface area contributed by atoms with E-state index < -0.39 is 10.8 Å². The van der Waals surface area contributed by atoms with Gasteiger partial charge < -0.3 is 14.8 Å². The van der Waals surface area contributed by atoms with Crippen molar-refractivity contribution in [1.82, 2.24) is 0 Å². The summed E-state index contributed by atoms with van der Waals surface area (Å²) in [6.07, 6.45) is 0. The van der Waals surface area contributed by atoms with Gasteiger partial charge >= 0.3 is 0 Å². The fourth-order valence-electron chi connectivity index (χ4n) is 2.83. The number of hydrogen-bond donors (Lipinski definition) is 1. The van der Waals surface area contributed by atoms with Crippen molar-refractivity contribution in [2.24, 2.45) is 0 Å². The van der Waals surface area contributed by atoms with Crippen molar-refractivity contribution in [2.75, 3.05) is 12.4 Å². The van der Waals surface area contributed by atoms with Gasteiger partial charge in [-0.25, -0.2) is 0 Å². The molecule has 7 nitrogen and oxygen atoms in total.